The van der Waals surface area contributed by atoms with Gasteiger partial charge in [0.25, 0.3) is 0 Å². The number of thiazole rings is 1. The van der Waals surface area contributed by atoms with Crippen LogP contribution in [0.2, 0.25) is 0 Å². The molecule has 1 heterocycles. The number of hydrogen-bond donors (Lipinski definition) is 1. The van der Waals surface area contributed by atoms with Crippen LogP contribution in [0.5, 0.6) is 0 Å². The fraction of sp³-hybridized carbons (Fsp3) is 0.444. The Morgan fingerprint density at radius 1 is 1.32 bits per heavy atom. The number of nitrogens with one attached hydrogen (secondary N) is 1. The van der Waals surface area contributed by atoms with Gasteiger partial charge in [-0.2, -0.15) is 0 Å². The standard InChI is InChI=1S/C18H22N2O3S2/c1-10(2)8-12-15(18(12,3)4)16(21)20-17-19-13-7-6-11(25(5,22)23)9-14(13)24-17/h6-9,12,15H,1-5H3,(H,19,20,21)/t12-,15-/m1/s1. The molecule has 1 N–H and O–H groups in total. The summed E-state index contributed by atoms with van der Waals surface area (Å²) >= 11 is 1.29. The first-order chi connectivity index (χ1) is 11.5. The maximum Gasteiger partial charge on any atom is 0.230 e. The predicted molar refractivity (Wildman–Crippen MR) is 102 cm³/mol. The molecule has 0 unspecified atom stereocenters. The summed E-state index contributed by atoms with van der Waals surface area (Å²) in [7, 11) is -3.26. The smallest absolute Gasteiger partial charge is 0.230 e. The molecule has 1 aliphatic rings. The van der Waals surface area contributed by atoms with Crippen molar-refractivity contribution in [1.82, 2.24) is 4.98 Å². The number of hydrogen-bond acceptors (Lipinski definition) is 5. The van der Waals surface area contributed by atoms with E-state index in [1.807, 2.05) is 13.8 Å². The number of carbonyl (C=O) groups is 1. The number of rotatable bonds is 4. The SMILES string of the molecule is CC(C)=C[C@@H]1[C@H](C(=O)Nc2nc3ccc(S(C)(=O)=O)cc3s2)C1(C)C. The van der Waals surface area contributed by atoms with Gasteiger partial charge < -0.3 is 5.32 Å². The molecule has 1 saturated carbocycles. The first-order valence-corrected chi connectivity index (χ1v) is 10.8. The molecular weight excluding hydrogens is 356 g/mol. The molecule has 0 saturated heterocycles. The van der Waals surface area contributed by atoms with Crippen molar-refractivity contribution in [3.63, 3.8) is 0 Å². The van der Waals surface area contributed by atoms with E-state index < -0.39 is 9.84 Å². The van der Waals surface area contributed by atoms with Gasteiger partial charge in [0.15, 0.2) is 15.0 Å². The Balaban J connectivity index is 1.82. The van der Waals surface area contributed by atoms with E-state index in [4.69, 9.17) is 0 Å². The van der Waals surface area contributed by atoms with Gasteiger partial charge in [-0.05, 0) is 43.4 Å². The van der Waals surface area contributed by atoms with Crippen LogP contribution in [0.15, 0.2) is 34.7 Å². The number of fused-ring (bicyclic) bond motifs is 1. The fourth-order valence-electron chi connectivity index (χ4n) is 3.22. The summed E-state index contributed by atoms with van der Waals surface area (Å²) in [6, 6.07) is 4.81. The third-order valence-corrected chi connectivity index (χ3v) is 6.77. The molecule has 1 fully saturated rings. The number of carbonyl (C=O) groups excluding carboxylic acids is 1. The topological polar surface area (TPSA) is 76.1 Å². The van der Waals surface area contributed by atoms with Crippen molar-refractivity contribution in [1.29, 1.82) is 0 Å². The average molecular weight is 379 g/mol. The summed E-state index contributed by atoms with van der Waals surface area (Å²) in [5.74, 6) is 0.139. The summed E-state index contributed by atoms with van der Waals surface area (Å²) in [5, 5.41) is 3.40. The highest BCUT2D eigenvalue weighted by Crippen LogP contribution is 2.59. The third kappa shape index (κ3) is 3.48. The number of anilines is 1. The predicted octanol–water partition coefficient (Wildman–Crippen LogP) is 3.88. The lowest BCUT2D eigenvalue weighted by atomic mass is 10.1. The van der Waals surface area contributed by atoms with E-state index >= 15 is 0 Å². The van der Waals surface area contributed by atoms with E-state index in [1.54, 1.807) is 12.1 Å². The first-order valence-electron chi connectivity index (χ1n) is 8.06. The van der Waals surface area contributed by atoms with Crippen molar-refractivity contribution in [2.24, 2.45) is 17.3 Å². The van der Waals surface area contributed by atoms with Crippen LogP contribution in [0.3, 0.4) is 0 Å². The molecule has 0 aliphatic heterocycles. The molecule has 134 valence electrons. The molecule has 1 aliphatic carbocycles. The van der Waals surface area contributed by atoms with Gasteiger partial charge in [-0.3, -0.25) is 4.79 Å². The summed E-state index contributed by atoms with van der Waals surface area (Å²) in [4.78, 5) is 17.3. The number of aromatic nitrogens is 1. The lowest BCUT2D eigenvalue weighted by molar-refractivity contribution is -0.118. The Morgan fingerprint density at radius 3 is 2.60 bits per heavy atom. The zero-order valence-corrected chi connectivity index (χ0v) is 16.6. The summed E-state index contributed by atoms with van der Waals surface area (Å²) in [6.07, 6.45) is 3.33. The second kappa shape index (κ2) is 5.92. The molecule has 7 heteroatoms. The largest absolute Gasteiger partial charge is 0.302 e. The third-order valence-electron chi connectivity index (χ3n) is 4.72. The van der Waals surface area contributed by atoms with Crippen LogP contribution in [0, 0.1) is 17.3 Å². The fourth-order valence-corrected chi connectivity index (χ4v) is 4.85. The van der Waals surface area contributed by atoms with Crippen molar-refractivity contribution in [3.8, 4) is 0 Å². The molecule has 2 aromatic rings. The Morgan fingerprint density at radius 2 is 2.00 bits per heavy atom. The van der Waals surface area contributed by atoms with Gasteiger partial charge in [-0.15, -0.1) is 0 Å². The molecule has 5 nitrogen and oxygen atoms in total. The molecule has 3 rings (SSSR count). The van der Waals surface area contributed by atoms with Crippen LogP contribution in [0.4, 0.5) is 5.13 Å². The van der Waals surface area contributed by atoms with Crippen molar-refractivity contribution >= 4 is 42.4 Å². The molecule has 0 bridgehead atoms. The van der Waals surface area contributed by atoms with Gasteiger partial charge in [0.2, 0.25) is 5.91 Å². The van der Waals surface area contributed by atoms with E-state index in [-0.39, 0.29) is 28.1 Å². The molecule has 0 spiro atoms. The number of amides is 1. The van der Waals surface area contributed by atoms with E-state index in [0.717, 1.165) is 4.70 Å². The number of nitrogens with zero attached hydrogens (tertiary/aromatic N) is 1. The van der Waals surface area contributed by atoms with Crippen LogP contribution >= 0.6 is 11.3 Å². The van der Waals surface area contributed by atoms with E-state index in [0.29, 0.717) is 10.6 Å². The second-order valence-corrected chi connectivity index (χ2v) is 10.5. The van der Waals surface area contributed by atoms with E-state index in [1.165, 1.54) is 29.2 Å². The minimum absolute atomic E-state index is 0.0325. The zero-order valence-electron chi connectivity index (χ0n) is 15.0. The highest BCUT2D eigenvalue weighted by atomic mass is 32.2. The first kappa shape index (κ1) is 18.1. The monoisotopic (exact) mass is 378 g/mol. The second-order valence-electron chi connectivity index (χ2n) is 7.48. The average Bonchev–Trinajstić information content (AvgIpc) is 2.82. The molecular formula is C18H22N2O3S2. The van der Waals surface area contributed by atoms with Crippen LogP contribution in [-0.4, -0.2) is 25.6 Å². The highest BCUT2D eigenvalue weighted by Gasteiger charge is 2.60. The summed E-state index contributed by atoms with van der Waals surface area (Å²) in [5.41, 5.74) is 1.84. The molecule has 1 aromatic heterocycles. The van der Waals surface area contributed by atoms with Crippen LogP contribution < -0.4 is 5.32 Å². The number of benzene rings is 1. The Kier molecular flexibility index (Phi) is 4.28. The van der Waals surface area contributed by atoms with Crippen molar-refractivity contribution in [2.45, 2.75) is 32.6 Å². The molecule has 2 atom stereocenters. The van der Waals surface area contributed by atoms with Gasteiger partial charge >= 0.3 is 0 Å². The number of sulfone groups is 1. The van der Waals surface area contributed by atoms with E-state index in [2.05, 4.69) is 30.2 Å². The van der Waals surface area contributed by atoms with Crippen molar-refractivity contribution in [2.75, 3.05) is 11.6 Å². The van der Waals surface area contributed by atoms with Crippen molar-refractivity contribution < 1.29 is 13.2 Å². The molecule has 0 radical (unpaired) electrons. The molecule has 1 aromatic carbocycles. The van der Waals surface area contributed by atoms with Gasteiger partial charge in [0, 0.05) is 6.26 Å². The van der Waals surface area contributed by atoms with Crippen LogP contribution in [0.1, 0.15) is 27.7 Å². The Labute approximate surface area is 152 Å². The van der Waals surface area contributed by atoms with Crippen LogP contribution in [-0.2, 0) is 14.6 Å². The van der Waals surface area contributed by atoms with Gasteiger partial charge in [0.1, 0.15) is 0 Å². The van der Waals surface area contributed by atoms with Gasteiger partial charge in [0.05, 0.1) is 21.0 Å². The quantitative estimate of drug-likeness (QED) is 0.819. The summed E-state index contributed by atoms with van der Waals surface area (Å²) in [6.45, 7) is 8.27. The maximum atomic E-state index is 12.6. The summed E-state index contributed by atoms with van der Waals surface area (Å²) < 4.78 is 24.1. The highest BCUT2D eigenvalue weighted by molar-refractivity contribution is 7.90. The van der Waals surface area contributed by atoms with Gasteiger partial charge in [-0.25, -0.2) is 13.4 Å². The minimum Gasteiger partial charge on any atom is -0.302 e. The Bertz CT molecular complexity index is 983. The minimum atomic E-state index is -3.26. The zero-order chi connectivity index (χ0) is 18.6. The maximum absolute atomic E-state index is 12.6. The van der Waals surface area contributed by atoms with Crippen molar-refractivity contribution in [3.05, 3.63) is 29.8 Å². The molecule has 1 amide bonds. The Hall–Kier alpha value is -1.73. The van der Waals surface area contributed by atoms with Crippen LogP contribution in [0.25, 0.3) is 10.2 Å². The number of allylic oxidation sites excluding steroid dienone is 2. The molecule has 25 heavy (non-hydrogen) atoms. The lowest BCUT2D eigenvalue weighted by Crippen LogP contribution is -2.16. The normalized spacial score (nSPS) is 21.8. The van der Waals surface area contributed by atoms with E-state index in [9.17, 15) is 13.2 Å². The van der Waals surface area contributed by atoms with Gasteiger partial charge in [-0.1, -0.05) is 36.8 Å². The lowest BCUT2D eigenvalue weighted by Gasteiger charge is -2.02.